The minimum atomic E-state index is -0.320. The number of benzene rings is 1. The predicted molar refractivity (Wildman–Crippen MR) is 82.8 cm³/mol. The Hall–Kier alpha value is -1.87. The van der Waals surface area contributed by atoms with Crippen LogP contribution < -0.4 is 4.90 Å². The minimum absolute atomic E-state index is 0.320. The molecule has 3 heteroatoms. The Bertz CT molecular complexity index is 528. The average Bonchev–Trinajstić information content (AvgIpc) is 2.49. The highest BCUT2D eigenvalue weighted by atomic mass is 16.3. The summed E-state index contributed by atoms with van der Waals surface area (Å²) in [4.78, 5) is 6.64. The molecular formula is C17H22N2O. The number of aliphatic hydroxyl groups is 1. The fraction of sp³-hybridized carbons (Fsp3) is 0.353. The van der Waals surface area contributed by atoms with Crippen molar-refractivity contribution >= 4 is 5.69 Å². The number of para-hydroxylation sites is 1. The molecule has 106 valence electrons. The Morgan fingerprint density at radius 2 is 1.90 bits per heavy atom. The van der Waals surface area contributed by atoms with E-state index in [1.165, 1.54) is 5.56 Å². The smallest absolute Gasteiger partial charge is 0.0712 e. The summed E-state index contributed by atoms with van der Waals surface area (Å²) in [6.45, 7) is 5.41. The van der Waals surface area contributed by atoms with Gasteiger partial charge in [-0.15, -0.1) is 0 Å². The van der Waals surface area contributed by atoms with Crippen LogP contribution in [0.15, 0.2) is 48.7 Å². The molecule has 0 aliphatic heterocycles. The van der Waals surface area contributed by atoms with E-state index in [0.717, 1.165) is 17.8 Å². The minimum Gasteiger partial charge on any atom is -0.391 e. The number of nitrogens with zero attached hydrogens (tertiary/aromatic N) is 2. The Kier molecular flexibility index (Phi) is 5.13. The maximum absolute atomic E-state index is 9.97. The third-order valence-electron chi connectivity index (χ3n) is 3.48. The van der Waals surface area contributed by atoms with E-state index in [1.807, 2.05) is 37.4 Å². The summed E-state index contributed by atoms with van der Waals surface area (Å²) >= 11 is 0. The molecule has 0 saturated heterocycles. The Morgan fingerprint density at radius 3 is 2.55 bits per heavy atom. The lowest BCUT2D eigenvalue weighted by molar-refractivity contribution is 0.175. The van der Waals surface area contributed by atoms with Crippen molar-refractivity contribution in [2.24, 2.45) is 0 Å². The lowest BCUT2D eigenvalue weighted by Gasteiger charge is -2.27. The zero-order valence-electron chi connectivity index (χ0n) is 12.2. The van der Waals surface area contributed by atoms with Crippen molar-refractivity contribution in [3.8, 4) is 0 Å². The van der Waals surface area contributed by atoms with Crippen LogP contribution in [0.3, 0.4) is 0 Å². The summed E-state index contributed by atoms with van der Waals surface area (Å²) in [5.41, 5.74) is 3.35. The molecule has 1 heterocycles. The van der Waals surface area contributed by atoms with Crippen LogP contribution >= 0.6 is 0 Å². The molecule has 1 N–H and O–H groups in total. The summed E-state index contributed by atoms with van der Waals surface area (Å²) < 4.78 is 0. The molecule has 2 aromatic rings. The Morgan fingerprint density at radius 1 is 1.15 bits per heavy atom. The monoisotopic (exact) mass is 270 g/mol. The number of rotatable bonds is 6. The molecule has 20 heavy (non-hydrogen) atoms. The zero-order valence-corrected chi connectivity index (χ0v) is 12.2. The average molecular weight is 270 g/mol. The number of aryl methyl sites for hydroxylation is 1. The molecule has 0 aliphatic carbocycles. The van der Waals surface area contributed by atoms with E-state index in [0.29, 0.717) is 13.1 Å². The molecule has 0 saturated carbocycles. The van der Waals surface area contributed by atoms with Gasteiger partial charge in [0, 0.05) is 18.4 Å². The molecule has 1 unspecified atom stereocenters. The maximum Gasteiger partial charge on any atom is 0.0712 e. The van der Waals surface area contributed by atoms with Gasteiger partial charge in [-0.3, -0.25) is 4.98 Å². The van der Waals surface area contributed by atoms with E-state index in [-0.39, 0.29) is 6.10 Å². The van der Waals surface area contributed by atoms with Gasteiger partial charge in [-0.05, 0) is 37.1 Å². The van der Waals surface area contributed by atoms with Gasteiger partial charge in [0.2, 0.25) is 0 Å². The topological polar surface area (TPSA) is 36.4 Å². The van der Waals surface area contributed by atoms with E-state index >= 15 is 0 Å². The quantitative estimate of drug-likeness (QED) is 0.876. The van der Waals surface area contributed by atoms with Gasteiger partial charge < -0.3 is 10.0 Å². The molecule has 0 spiro atoms. The van der Waals surface area contributed by atoms with E-state index < -0.39 is 0 Å². The highest BCUT2D eigenvalue weighted by molar-refractivity contribution is 5.46. The lowest BCUT2D eigenvalue weighted by atomic mass is 10.1. The number of hydrogen-bond donors (Lipinski definition) is 1. The lowest BCUT2D eigenvalue weighted by Crippen LogP contribution is -2.32. The van der Waals surface area contributed by atoms with Crippen molar-refractivity contribution in [3.05, 3.63) is 59.9 Å². The van der Waals surface area contributed by atoms with E-state index in [4.69, 9.17) is 0 Å². The molecular weight excluding hydrogens is 248 g/mol. The van der Waals surface area contributed by atoms with Crippen molar-refractivity contribution in [3.63, 3.8) is 0 Å². The second kappa shape index (κ2) is 7.06. The number of aliphatic hydroxyl groups excluding tert-OH is 1. The first kappa shape index (κ1) is 14.5. The first-order valence-corrected chi connectivity index (χ1v) is 7.09. The molecule has 2 rings (SSSR count). The summed E-state index contributed by atoms with van der Waals surface area (Å²) in [5.74, 6) is 0. The van der Waals surface area contributed by atoms with Crippen LogP contribution in [0.5, 0.6) is 0 Å². The summed E-state index contributed by atoms with van der Waals surface area (Å²) in [6.07, 6.45) is 2.26. The third-order valence-corrected chi connectivity index (χ3v) is 3.48. The first-order chi connectivity index (χ1) is 9.70. The van der Waals surface area contributed by atoms with Crippen LogP contribution in [0.2, 0.25) is 0 Å². The van der Waals surface area contributed by atoms with Gasteiger partial charge in [-0.2, -0.15) is 0 Å². The van der Waals surface area contributed by atoms with Crippen LogP contribution in [-0.2, 0) is 6.54 Å². The molecule has 3 nitrogen and oxygen atoms in total. The normalized spacial score (nSPS) is 12.2. The van der Waals surface area contributed by atoms with Crippen LogP contribution in [0, 0.1) is 6.92 Å². The highest BCUT2D eigenvalue weighted by Crippen LogP contribution is 2.18. The third kappa shape index (κ3) is 3.81. The largest absolute Gasteiger partial charge is 0.391 e. The second-order valence-corrected chi connectivity index (χ2v) is 5.05. The fourth-order valence-electron chi connectivity index (χ4n) is 2.15. The molecule has 0 radical (unpaired) electrons. The first-order valence-electron chi connectivity index (χ1n) is 7.09. The van der Waals surface area contributed by atoms with Gasteiger partial charge in [0.15, 0.2) is 0 Å². The van der Waals surface area contributed by atoms with Gasteiger partial charge in [0.05, 0.1) is 18.3 Å². The molecule has 0 bridgehead atoms. The standard InChI is InChI=1S/C17H22N2O/c1-3-16(20)12-19(15-9-5-4-6-10-15)13-17-14(2)8-7-11-18-17/h4-11,16,20H,3,12-13H2,1-2H3. The number of hydrogen-bond acceptors (Lipinski definition) is 3. The SMILES string of the molecule is CCC(O)CN(Cc1ncccc1C)c1ccccc1. The zero-order chi connectivity index (χ0) is 14.4. The maximum atomic E-state index is 9.97. The molecule has 1 aromatic carbocycles. The van der Waals surface area contributed by atoms with E-state index in [9.17, 15) is 5.11 Å². The van der Waals surface area contributed by atoms with Crippen LogP contribution in [0.4, 0.5) is 5.69 Å². The van der Waals surface area contributed by atoms with Crippen LogP contribution in [0.25, 0.3) is 0 Å². The molecule has 0 fully saturated rings. The summed E-state index contributed by atoms with van der Waals surface area (Å²) in [6, 6.07) is 14.2. The van der Waals surface area contributed by atoms with Gasteiger partial charge in [-0.25, -0.2) is 0 Å². The van der Waals surface area contributed by atoms with Crippen LogP contribution in [-0.4, -0.2) is 22.7 Å². The van der Waals surface area contributed by atoms with Crippen molar-refractivity contribution < 1.29 is 5.11 Å². The van der Waals surface area contributed by atoms with Gasteiger partial charge in [0.25, 0.3) is 0 Å². The summed E-state index contributed by atoms with van der Waals surface area (Å²) in [5, 5.41) is 9.97. The Labute approximate surface area is 120 Å². The molecule has 1 atom stereocenters. The number of pyridine rings is 1. The number of aromatic nitrogens is 1. The highest BCUT2D eigenvalue weighted by Gasteiger charge is 2.13. The molecule has 0 aliphatic rings. The van der Waals surface area contributed by atoms with E-state index in [1.54, 1.807) is 0 Å². The predicted octanol–water partition coefficient (Wildman–Crippen LogP) is 3.17. The number of anilines is 1. The van der Waals surface area contributed by atoms with Crippen molar-refractivity contribution in [1.82, 2.24) is 4.98 Å². The van der Waals surface area contributed by atoms with Gasteiger partial charge in [-0.1, -0.05) is 31.2 Å². The van der Waals surface area contributed by atoms with Crippen LogP contribution in [0.1, 0.15) is 24.6 Å². The fourth-order valence-corrected chi connectivity index (χ4v) is 2.15. The van der Waals surface area contributed by atoms with Crippen molar-refractivity contribution in [2.45, 2.75) is 32.9 Å². The summed E-state index contributed by atoms with van der Waals surface area (Å²) in [7, 11) is 0. The van der Waals surface area contributed by atoms with Crippen molar-refractivity contribution in [1.29, 1.82) is 0 Å². The van der Waals surface area contributed by atoms with Gasteiger partial charge >= 0.3 is 0 Å². The van der Waals surface area contributed by atoms with Crippen molar-refractivity contribution in [2.75, 3.05) is 11.4 Å². The molecule has 0 amide bonds. The molecule has 1 aromatic heterocycles. The second-order valence-electron chi connectivity index (χ2n) is 5.05. The van der Waals surface area contributed by atoms with Gasteiger partial charge in [0.1, 0.15) is 0 Å². The Balaban J connectivity index is 2.21. The van der Waals surface area contributed by atoms with E-state index in [2.05, 4.69) is 35.0 Å².